The molecule has 0 bridgehead atoms. The van der Waals surface area contributed by atoms with Crippen LogP contribution in [0.3, 0.4) is 0 Å². The Bertz CT molecular complexity index is 475. The van der Waals surface area contributed by atoms with Gasteiger partial charge in [-0.1, -0.05) is 18.5 Å². The van der Waals surface area contributed by atoms with Crippen LogP contribution in [0, 0.1) is 0 Å². The number of nitrogens with zero attached hydrogens (tertiary/aromatic N) is 1. The number of anilines is 1. The van der Waals surface area contributed by atoms with Crippen molar-refractivity contribution in [1.82, 2.24) is 10.2 Å². The molecule has 2 N–H and O–H groups in total. The number of halogens is 1. The normalized spacial score (nSPS) is 10.1. The predicted molar refractivity (Wildman–Crippen MR) is 76.6 cm³/mol. The monoisotopic (exact) mass is 283 g/mol. The van der Waals surface area contributed by atoms with Crippen molar-refractivity contribution in [3.63, 3.8) is 0 Å². The average molecular weight is 284 g/mol. The van der Waals surface area contributed by atoms with E-state index in [1.165, 1.54) is 4.90 Å². The number of carbonyl (C=O) groups excluding carboxylic acids is 2. The van der Waals surface area contributed by atoms with Crippen LogP contribution in [0.4, 0.5) is 5.69 Å². The molecule has 5 nitrogen and oxygen atoms in total. The molecule has 1 rings (SSSR count). The van der Waals surface area contributed by atoms with E-state index in [4.69, 9.17) is 11.6 Å². The van der Waals surface area contributed by atoms with Crippen LogP contribution in [-0.2, 0) is 4.79 Å². The molecule has 0 aromatic heterocycles. The van der Waals surface area contributed by atoms with Gasteiger partial charge in [-0.15, -0.1) is 0 Å². The summed E-state index contributed by atoms with van der Waals surface area (Å²) < 4.78 is 0. The Kier molecular flexibility index (Phi) is 5.79. The second-order valence-corrected chi connectivity index (χ2v) is 4.65. The van der Waals surface area contributed by atoms with Crippen LogP contribution in [0.15, 0.2) is 18.2 Å². The van der Waals surface area contributed by atoms with Crippen LogP contribution in [-0.4, -0.2) is 43.9 Å². The molecular weight excluding hydrogens is 266 g/mol. The smallest absolute Gasteiger partial charge is 0.255 e. The molecule has 0 saturated heterocycles. The Hall–Kier alpha value is -1.59. The number of rotatable bonds is 5. The lowest BCUT2D eigenvalue weighted by Crippen LogP contribution is -2.29. The van der Waals surface area contributed by atoms with Gasteiger partial charge in [-0.25, -0.2) is 0 Å². The molecular formula is C13H18ClN3O2. The van der Waals surface area contributed by atoms with Crippen molar-refractivity contribution in [3.8, 4) is 0 Å². The number of nitrogens with one attached hydrogen (secondary N) is 2. The van der Waals surface area contributed by atoms with Gasteiger partial charge in [-0.2, -0.15) is 0 Å². The van der Waals surface area contributed by atoms with Crippen LogP contribution in [0.2, 0.25) is 5.02 Å². The lowest BCUT2D eigenvalue weighted by atomic mass is 10.1. The second kappa shape index (κ2) is 7.11. The fraction of sp³-hybridized carbons (Fsp3) is 0.385. The predicted octanol–water partition coefficient (Wildman–Crippen LogP) is 1.59. The van der Waals surface area contributed by atoms with Gasteiger partial charge in [-0.05, 0) is 24.7 Å². The number of hydrogen-bond donors (Lipinski definition) is 2. The molecule has 1 aromatic carbocycles. The zero-order chi connectivity index (χ0) is 14.4. The third kappa shape index (κ3) is 4.54. The maximum Gasteiger partial charge on any atom is 0.255 e. The standard InChI is InChI=1S/C13H18ClN3O2/c1-4-15-8-12(18)16-11-7-9(14)5-6-10(11)13(19)17(2)3/h5-7,15H,4,8H2,1-3H3,(H,16,18). The molecule has 0 atom stereocenters. The molecule has 19 heavy (non-hydrogen) atoms. The first-order valence-electron chi connectivity index (χ1n) is 5.97. The van der Waals surface area contributed by atoms with Crippen molar-refractivity contribution < 1.29 is 9.59 Å². The van der Waals surface area contributed by atoms with E-state index in [0.29, 0.717) is 22.8 Å². The third-order valence-electron chi connectivity index (χ3n) is 2.43. The zero-order valence-corrected chi connectivity index (χ0v) is 12.0. The van der Waals surface area contributed by atoms with Crippen molar-refractivity contribution in [1.29, 1.82) is 0 Å². The van der Waals surface area contributed by atoms with E-state index in [2.05, 4.69) is 10.6 Å². The highest BCUT2D eigenvalue weighted by Gasteiger charge is 2.15. The van der Waals surface area contributed by atoms with Gasteiger partial charge in [0.1, 0.15) is 0 Å². The van der Waals surface area contributed by atoms with Gasteiger partial charge >= 0.3 is 0 Å². The molecule has 6 heteroatoms. The molecule has 0 aliphatic rings. The molecule has 104 valence electrons. The average Bonchev–Trinajstić information content (AvgIpc) is 2.35. The Morgan fingerprint density at radius 1 is 1.32 bits per heavy atom. The summed E-state index contributed by atoms with van der Waals surface area (Å²) in [5.74, 6) is -0.396. The minimum Gasteiger partial charge on any atom is -0.345 e. The summed E-state index contributed by atoms with van der Waals surface area (Å²) in [6.45, 7) is 2.80. The summed E-state index contributed by atoms with van der Waals surface area (Å²) in [6, 6.07) is 4.80. The lowest BCUT2D eigenvalue weighted by molar-refractivity contribution is -0.115. The van der Waals surface area contributed by atoms with Crippen molar-refractivity contribution in [2.75, 3.05) is 32.5 Å². The van der Waals surface area contributed by atoms with Crippen molar-refractivity contribution in [2.24, 2.45) is 0 Å². The number of carbonyl (C=O) groups is 2. The second-order valence-electron chi connectivity index (χ2n) is 4.22. The van der Waals surface area contributed by atoms with Gasteiger partial charge in [0.25, 0.3) is 5.91 Å². The minimum absolute atomic E-state index is 0.185. The Balaban J connectivity index is 2.94. The lowest BCUT2D eigenvalue weighted by Gasteiger charge is -2.15. The van der Waals surface area contributed by atoms with Crippen LogP contribution in [0.25, 0.3) is 0 Å². The first kappa shape index (κ1) is 15.5. The Labute approximate surface area is 117 Å². The van der Waals surface area contributed by atoms with Crippen LogP contribution in [0.1, 0.15) is 17.3 Å². The van der Waals surface area contributed by atoms with Crippen molar-refractivity contribution in [2.45, 2.75) is 6.92 Å². The van der Waals surface area contributed by atoms with Gasteiger partial charge in [0.05, 0.1) is 17.8 Å². The molecule has 1 aromatic rings. The zero-order valence-electron chi connectivity index (χ0n) is 11.3. The Morgan fingerprint density at radius 2 is 2.00 bits per heavy atom. The highest BCUT2D eigenvalue weighted by Crippen LogP contribution is 2.22. The van der Waals surface area contributed by atoms with Gasteiger partial charge in [0.15, 0.2) is 0 Å². The van der Waals surface area contributed by atoms with Gasteiger partial charge in [0.2, 0.25) is 5.91 Å². The molecule has 0 aliphatic heterocycles. The van der Waals surface area contributed by atoms with Crippen LogP contribution < -0.4 is 10.6 Å². The van der Waals surface area contributed by atoms with E-state index in [9.17, 15) is 9.59 Å². The molecule has 0 radical (unpaired) electrons. The highest BCUT2D eigenvalue weighted by molar-refractivity contribution is 6.31. The first-order valence-corrected chi connectivity index (χ1v) is 6.35. The fourth-order valence-electron chi connectivity index (χ4n) is 1.48. The van der Waals surface area contributed by atoms with E-state index in [0.717, 1.165) is 0 Å². The summed E-state index contributed by atoms with van der Waals surface area (Å²) >= 11 is 5.90. The largest absolute Gasteiger partial charge is 0.345 e. The summed E-state index contributed by atoms with van der Waals surface area (Å²) in [7, 11) is 3.31. The summed E-state index contributed by atoms with van der Waals surface area (Å²) in [4.78, 5) is 25.1. The molecule has 0 heterocycles. The number of likely N-dealkylation sites (N-methyl/N-ethyl adjacent to an activating group) is 1. The molecule has 0 saturated carbocycles. The van der Waals surface area contributed by atoms with E-state index in [1.54, 1.807) is 32.3 Å². The van der Waals surface area contributed by atoms with Crippen LogP contribution in [0.5, 0.6) is 0 Å². The van der Waals surface area contributed by atoms with Crippen LogP contribution >= 0.6 is 11.6 Å². The van der Waals surface area contributed by atoms with Gasteiger partial charge in [-0.3, -0.25) is 9.59 Å². The fourth-order valence-corrected chi connectivity index (χ4v) is 1.65. The Morgan fingerprint density at radius 3 is 2.58 bits per heavy atom. The SMILES string of the molecule is CCNCC(=O)Nc1cc(Cl)ccc1C(=O)N(C)C. The third-order valence-corrected chi connectivity index (χ3v) is 2.66. The topological polar surface area (TPSA) is 61.4 Å². The maximum atomic E-state index is 12.0. The van der Waals surface area contributed by atoms with E-state index in [-0.39, 0.29) is 18.4 Å². The van der Waals surface area contributed by atoms with E-state index >= 15 is 0 Å². The maximum absolute atomic E-state index is 12.0. The number of benzene rings is 1. The van der Waals surface area contributed by atoms with E-state index < -0.39 is 0 Å². The quantitative estimate of drug-likeness (QED) is 0.863. The molecule has 0 aliphatic carbocycles. The highest BCUT2D eigenvalue weighted by atomic mass is 35.5. The van der Waals surface area contributed by atoms with Gasteiger partial charge in [0, 0.05) is 19.1 Å². The van der Waals surface area contributed by atoms with Crippen molar-refractivity contribution >= 4 is 29.1 Å². The first-order chi connectivity index (χ1) is 8.95. The molecule has 0 unspecified atom stereocenters. The summed E-state index contributed by atoms with van der Waals surface area (Å²) in [5.41, 5.74) is 0.841. The van der Waals surface area contributed by atoms with E-state index in [1.807, 2.05) is 6.92 Å². The van der Waals surface area contributed by atoms with Gasteiger partial charge < -0.3 is 15.5 Å². The summed E-state index contributed by atoms with van der Waals surface area (Å²) in [5, 5.41) is 6.07. The summed E-state index contributed by atoms with van der Waals surface area (Å²) in [6.07, 6.45) is 0. The minimum atomic E-state index is -0.211. The molecule has 0 fully saturated rings. The number of amides is 2. The van der Waals surface area contributed by atoms with Crippen molar-refractivity contribution in [3.05, 3.63) is 28.8 Å². The molecule has 2 amide bonds. The molecule has 0 spiro atoms. The number of hydrogen-bond acceptors (Lipinski definition) is 3.